The van der Waals surface area contributed by atoms with Gasteiger partial charge in [-0.15, -0.1) is 0 Å². The number of benzene rings is 2. The molecule has 3 rings (SSSR count). The highest BCUT2D eigenvalue weighted by Gasteiger charge is 2.37. The van der Waals surface area contributed by atoms with Crippen molar-refractivity contribution < 1.29 is 26.7 Å². The monoisotopic (exact) mass is 452 g/mol. The molecule has 0 saturated carbocycles. The first kappa shape index (κ1) is 23.0. The number of anilines is 1. The second-order valence-electron chi connectivity index (χ2n) is 8.50. The average molecular weight is 453 g/mol. The van der Waals surface area contributed by atoms with Gasteiger partial charge in [0.2, 0.25) is 15.9 Å². The molecule has 1 N–H and O–H groups in total. The summed E-state index contributed by atoms with van der Waals surface area (Å²) < 4.78 is 58.7. The van der Waals surface area contributed by atoms with Crippen molar-refractivity contribution in [3.63, 3.8) is 0 Å². The predicted molar refractivity (Wildman–Crippen MR) is 115 cm³/mol. The zero-order valence-electron chi connectivity index (χ0n) is 18.1. The summed E-state index contributed by atoms with van der Waals surface area (Å²) in [5.41, 5.74) is 1.13. The molecule has 2 aromatic rings. The molecule has 0 spiro atoms. The minimum absolute atomic E-state index is 0.132. The van der Waals surface area contributed by atoms with E-state index >= 15 is 0 Å². The smallest absolute Gasteiger partial charge is 0.244 e. The Morgan fingerprint density at radius 1 is 1.19 bits per heavy atom. The molecule has 0 bridgehead atoms. The predicted octanol–water partition coefficient (Wildman–Crippen LogP) is 3.85. The molecule has 6 nitrogen and oxygen atoms in total. The van der Waals surface area contributed by atoms with Crippen molar-refractivity contribution in [2.75, 3.05) is 10.6 Å². The van der Waals surface area contributed by atoms with Crippen molar-refractivity contribution in [3.8, 4) is 5.75 Å². The highest BCUT2D eigenvalue weighted by atomic mass is 32.2. The zero-order valence-corrected chi connectivity index (χ0v) is 18.9. The van der Waals surface area contributed by atoms with E-state index in [0.29, 0.717) is 12.2 Å². The third kappa shape index (κ3) is 4.98. The number of carbonyl (C=O) groups is 1. The van der Waals surface area contributed by atoms with Gasteiger partial charge in [0.05, 0.1) is 18.0 Å². The van der Waals surface area contributed by atoms with Crippen LogP contribution in [0.15, 0.2) is 36.4 Å². The van der Waals surface area contributed by atoms with E-state index < -0.39 is 45.2 Å². The Hall–Kier alpha value is -2.68. The zero-order chi connectivity index (χ0) is 23.1. The molecule has 2 unspecified atom stereocenters. The molecule has 168 valence electrons. The van der Waals surface area contributed by atoms with Crippen LogP contribution in [-0.2, 0) is 14.8 Å². The van der Waals surface area contributed by atoms with Gasteiger partial charge in [-0.3, -0.25) is 9.10 Å². The first-order chi connectivity index (χ1) is 14.3. The molecule has 9 heteroatoms. The van der Waals surface area contributed by atoms with Gasteiger partial charge in [-0.2, -0.15) is 0 Å². The van der Waals surface area contributed by atoms with Crippen LogP contribution in [0.4, 0.5) is 14.5 Å². The third-order valence-corrected chi connectivity index (χ3v) is 6.43. The second-order valence-corrected chi connectivity index (χ2v) is 10.4. The molecule has 0 aliphatic carbocycles. The van der Waals surface area contributed by atoms with Gasteiger partial charge >= 0.3 is 0 Å². The van der Waals surface area contributed by atoms with Crippen LogP contribution in [-0.4, -0.2) is 32.2 Å². The second kappa shape index (κ2) is 8.11. The molecule has 0 radical (unpaired) electrons. The van der Waals surface area contributed by atoms with Crippen molar-refractivity contribution in [1.82, 2.24) is 5.32 Å². The minimum atomic E-state index is -3.96. The van der Waals surface area contributed by atoms with Gasteiger partial charge in [0.15, 0.2) is 11.6 Å². The summed E-state index contributed by atoms with van der Waals surface area (Å²) in [7, 11) is -3.96. The first-order valence-electron chi connectivity index (χ1n) is 9.83. The molecule has 1 heterocycles. The van der Waals surface area contributed by atoms with Crippen LogP contribution < -0.4 is 14.4 Å². The molecule has 2 aromatic carbocycles. The van der Waals surface area contributed by atoms with Gasteiger partial charge in [0, 0.05) is 18.1 Å². The minimum Gasteiger partial charge on any atom is -0.487 e. The highest BCUT2D eigenvalue weighted by Crippen LogP contribution is 2.40. The maximum Gasteiger partial charge on any atom is 0.244 e. The maximum absolute atomic E-state index is 13.7. The van der Waals surface area contributed by atoms with E-state index in [1.54, 1.807) is 0 Å². The molecule has 0 fully saturated rings. The van der Waals surface area contributed by atoms with Gasteiger partial charge in [-0.25, -0.2) is 17.2 Å². The van der Waals surface area contributed by atoms with Crippen LogP contribution in [0.3, 0.4) is 0 Å². The van der Waals surface area contributed by atoms with E-state index in [9.17, 15) is 22.0 Å². The molecule has 1 amide bonds. The highest BCUT2D eigenvalue weighted by molar-refractivity contribution is 7.92. The van der Waals surface area contributed by atoms with Crippen LogP contribution in [0.5, 0.6) is 5.75 Å². The van der Waals surface area contributed by atoms with E-state index in [4.69, 9.17) is 4.74 Å². The largest absolute Gasteiger partial charge is 0.487 e. The summed E-state index contributed by atoms with van der Waals surface area (Å²) in [5, 5.41) is 2.91. The fraction of sp³-hybridized carbons (Fsp3) is 0.409. The Balaban J connectivity index is 1.92. The molecular formula is C22H26F2N2O4S. The molecule has 1 aliphatic heterocycles. The van der Waals surface area contributed by atoms with Crippen LogP contribution >= 0.6 is 0 Å². The summed E-state index contributed by atoms with van der Waals surface area (Å²) in [6, 6.07) is 6.79. The van der Waals surface area contributed by atoms with E-state index in [2.05, 4.69) is 5.32 Å². The van der Waals surface area contributed by atoms with Crippen molar-refractivity contribution in [3.05, 3.63) is 59.2 Å². The van der Waals surface area contributed by atoms with E-state index in [1.165, 1.54) is 6.92 Å². The van der Waals surface area contributed by atoms with Crippen LogP contribution in [0.2, 0.25) is 0 Å². The molecule has 0 aromatic heterocycles. The molecule has 0 saturated heterocycles. The van der Waals surface area contributed by atoms with E-state index in [-0.39, 0.29) is 5.69 Å². The number of ether oxygens (including phenoxy) is 1. The van der Waals surface area contributed by atoms with Crippen LogP contribution in [0.1, 0.15) is 44.4 Å². The maximum atomic E-state index is 13.7. The van der Waals surface area contributed by atoms with Crippen molar-refractivity contribution in [2.24, 2.45) is 0 Å². The number of nitrogens with zero attached hydrogens (tertiary/aromatic N) is 1. The number of halogens is 2. The number of fused-ring (bicyclic) bond motifs is 1. The fourth-order valence-electron chi connectivity index (χ4n) is 3.81. The van der Waals surface area contributed by atoms with E-state index in [0.717, 1.165) is 39.9 Å². The van der Waals surface area contributed by atoms with Crippen LogP contribution in [0, 0.1) is 18.6 Å². The third-order valence-electron chi connectivity index (χ3n) is 5.19. The lowest BCUT2D eigenvalue weighted by atomic mass is 9.89. The van der Waals surface area contributed by atoms with Crippen molar-refractivity contribution >= 4 is 21.6 Å². The Bertz CT molecular complexity index is 1120. The summed E-state index contributed by atoms with van der Waals surface area (Å²) in [4.78, 5) is 13.1. The number of rotatable bonds is 5. The van der Waals surface area contributed by atoms with Crippen molar-refractivity contribution in [1.29, 1.82) is 0 Å². The van der Waals surface area contributed by atoms with Gasteiger partial charge in [0.1, 0.15) is 17.4 Å². The Labute approximate surface area is 181 Å². The quantitative estimate of drug-likeness (QED) is 0.748. The van der Waals surface area contributed by atoms with Gasteiger partial charge in [-0.1, -0.05) is 12.1 Å². The summed E-state index contributed by atoms with van der Waals surface area (Å²) in [5.74, 6) is -2.21. The lowest BCUT2D eigenvalue weighted by molar-refractivity contribution is -0.123. The van der Waals surface area contributed by atoms with Gasteiger partial charge in [-0.05, 0) is 51.5 Å². The van der Waals surface area contributed by atoms with Crippen LogP contribution in [0.25, 0.3) is 0 Å². The molecule has 1 aliphatic rings. The molecule has 31 heavy (non-hydrogen) atoms. The standard InChI is InChI=1S/C22H26F2N2O4S/c1-13-6-8-16-19(12-22(3,4)30-20(16)10-13)25-21(27)14(2)26(31(5,28)29)15-7-9-17(23)18(24)11-15/h6-11,14,19H,12H2,1-5H3,(H,25,27). The van der Waals surface area contributed by atoms with Crippen molar-refractivity contribution in [2.45, 2.75) is 51.8 Å². The number of hydrogen-bond donors (Lipinski definition) is 1. The topological polar surface area (TPSA) is 75.7 Å². The fourth-order valence-corrected chi connectivity index (χ4v) is 4.98. The SMILES string of the molecule is Cc1ccc2c(c1)OC(C)(C)CC2NC(=O)C(C)N(c1ccc(F)c(F)c1)S(C)(=O)=O. The molecule has 2 atom stereocenters. The lowest BCUT2D eigenvalue weighted by Crippen LogP contribution is -2.50. The summed E-state index contributed by atoms with van der Waals surface area (Å²) >= 11 is 0. The Morgan fingerprint density at radius 2 is 1.87 bits per heavy atom. The first-order valence-corrected chi connectivity index (χ1v) is 11.7. The number of nitrogens with one attached hydrogen (secondary N) is 1. The van der Waals surface area contributed by atoms with E-state index in [1.807, 2.05) is 39.0 Å². The number of aryl methyl sites for hydroxylation is 1. The normalized spacial score (nSPS) is 18.5. The Kier molecular flexibility index (Phi) is 6.01. The number of hydrogen-bond acceptors (Lipinski definition) is 4. The number of carbonyl (C=O) groups excluding carboxylic acids is 1. The summed E-state index contributed by atoms with van der Waals surface area (Å²) in [6.07, 6.45) is 1.39. The average Bonchev–Trinajstić information content (AvgIpc) is 2.62. The van der Waals surface area contributed by atoms with Gasteiger partial charge < -0.3 is 10.1 Å². The molecular weight excluding hydrogens is 426 g/mol. The number of amides is 1. The van der Waals surface area contributed by atoms with Gasteiger partial charge in [0.25, 0.3) is 0 Å². The number of sulfonamides is 1. The summed E-state index contributed by atoms with van der Waals surface area (Å²) in [6.45, 7) is 7.15. The Morgan fingerprint density at radius 3 is 2.48 bits per heavy atom. The lowest BCUT2D eigenvalue weighted by Gasteiger charge is -2.39.